The third-order valence-electron chi connectivity index (χ3n) is 9.24. The number of alkyl carbamates (subject to hydrolysis) is 1. The molecule has 1 aromatic rings. The molecule has 1 aliphatic rings. The van der Waals surface area contributed by atoms with E-state index in [1.807, 2.05) is 34.6 Å². The van der Waals surface area contributed by atoms with Crippen LogP contribution in [0.3, 0.4) is 0 Å². The summed E-state index contributed by atoms with van der Waals surface area (Å²) in [6, 6.07) is 5.86. The highest BCUT2D eigenvalue weighted by Crippen LogP contribution is 2.34. The molecular weight excluding hydrogens is 622 g/mol. The van der Waals surface area contributed by atoms with Gasteiger partial charge in [-0.3, -0.25) is 9.69 Å². The lowest BCUT2D eigenvalue weighted by Gasteiger charge is -2.33. The summed E-state index contributed by atoms with van der Waals surface area (Å²) in [6.07, 6.45) is 0.771. The van der Waals surface area contributed by atoms with Crippen LogP contribution in [-0.2, 0) is 30.8 Å². The van der Waals surface area contributed by atoms with Crippen molar-refractivity contribution in [1.29, 1.82) is 0 Å². The van der Waals surface area contributed by atoms with Crippen LogP contribution in [0.2, 0.25) is 0 Å². The van der Waals surface area contributed by atoms with Crippen LogP contribution in [0.5, 0.6) is 5.75 Å². The molecule has 10 nitrogen and oxygen atoms in total. The van der Waals surface area contributed by atoms with Gasteiger partial charge in [-0.2, -0.15) is 0 Å². The highest BCUT2D eigenvalue weighted by Gasteiger charge is 2.33. The Bertz CT molecular complexity index is 1120. The Balaban J connectivity index is 2.26. The van der Waals surface area contributed by atoms with Crippen molar-refractivity contribution in [2.45, 2.75) is 118 Å². The predicted octanol–water partition coefficient (Wildman–Crippen LogP) is 5.97. The Hall–Kier alpha value is -2.40. The molecule has 2 rings (SSSR count). The van der Waals surface area contributed by atoms with Gasteiger partial charge < -0.3 is 34.7 Å². The lowest BCUT2D eigenvalue weighted by atomic mass is 9.79. The number of nitrogens with one attached hydrogen (secondary N) is 2. The van der Waals surface area contributed by atoms with Gasteiger partial charge in [-0.15, -0.1) is 0 Å². The van der Waals surface area contributed by atoms with Crippen molar-refractivity contribution in [3.05, 3.63) is 29.3 Å². The van der Waals surface area contributed by atoms with Crippen LogP contribution >= 0.6 is 0 Å². The summed E-state index contributed by atoms with van der Waals surface area (Å²) in [7, 11) is 1.70. The zero-order valence-electron chi connectivity index (χ0n) is 32.5. The van der Waals surface area contributed by atoms with Gasteiger partial charge in [-0.1, -0.05) is 60.6 Å². The van der Waals surface area contributed by atoms with Gasteiger partial charge in [0.1, 0.15) is 11.4 Å². The van der Waals surface area contributed by atoms with Gasteiger partial charge in [-0.05, 0) is 80.4 Å². The Morgan fingerprint density at radius 2 is 1.65 bits per heavy atom. The monoisotopic (exact) mass is 692 g/mol. The van der Waals surface area contributed by atoms with Crippen LogP contribution in [0.25, 0.3) is 0 Å². The summed E-state index contributed by atoms with van der Waals surface area (Å²) in [5.74, 6) is 0.777. The third-order valence-corrected chi connectivity index (χ3v) is 9.24. The number of amides is 2. The molecular formula is C39H69N3O7. The number of aliphatic hydroxyl groups excluding tert-OH is 1. The molecule has 282 valence electrons. The molecule has 49 heavy (non-hydrogen) atoms. The van der Waals surface area contributed by atoms with Crippen molar-refractivity contribution < 1.29 is 33.6 Å². The summed E-state index contributed by atoms with van der Waals surface area (Å²) < 4.78 is 22.5. The van der Waals surface area contributed by atoms with E-state index in [9.17, 15) is 14.7 Å². The molecule has 0 saturated carbocycles. The second kappa shape index (κ2) is 20.4. The molecule has 1 heterocycles. The first-order chi connectivity index (χ1) is 22.9. The topological polar surface area (TPSA) is 119 Å². The normalized spacial score (nSPS) is 17.0. The van der Waals surface area contributed by atoms with E-state index >= 15 is 0 Å². The SMILES string of the molecule is COCCCOc1cc(C[C@@H](C[C@H](NC(=O)OC(C)(C)C)[C@@H](O)C[C@H](C(=O)NCCN2CCOCC2)C(C)C)C(C)C)ccc1C(C)(C)C. The van der Waals surface area contributed by atoms with Gasteiger partial charge in [0.05, 0.1) is 32.0 Å². The van der Waals surface area contributed by atoms with Crippen LogP contribution in [-0.4, -0.2) is 99.5 Å². The van der Waals surface area contributed by atoms with Gasteiger partial charge in [0.15, 0.2) is 0 Å². The summed E-state index contributed by atoms with van der Waals surface area (Å²) in [5, 5.41) is 17.9. The highest BCUT2D eigenvalue weighted by atomic mass is 16.6. The smallest absolute Gasteiger partial charge is 0.407 e. The fourth-order valence-corrected chi connectivity index (χ4v) is 6.21. The van der Waals surface area contributed by atoms with Gasteiger partial charge in [0.2, 0.25) is 5.91 Å². The molecule has 0 spiro atoms. The number of hydrogen-bond donors (Lipinski definition) is 3. The maximum atomic E-state index is 13.4. The number of morpholine rings is 1. The molecule has 3 N–H and O–H groups in total. The van der Waals surface area contributed by atoms with Crippen molar-refractivity contribution >= 4 is 12.0 Å². The lowest BCUT2D eigenvalue weighted by molar-refractivity contribution is -0.127. The molecule has 1 fully saturated rings. The molecule has 2 amide bonds. The Labute approximate surface area is 297 Å². The van der Waals surface area contributed by atoms with E-state index in [-0.39, 0.29) is 35.5 Å². The van der Waals surface area contributed by atoms with Crippen molar-refractivity contribution in [1.82, 2.24) is 15.5 Å². The largest absolute Gasteiger partial charge is 0.493 e. The quantitative estimate of drug-likeness (QED) is 0.152. The van der Waals surface area contributed by atoms with Crippen LogP contribution in [0.1, 0.15) is 99.6 Å². The first-order valence-electron chi connectivity index (χ1n) is 18.4. The number of nitrogens with zero attached hydrogens (tertiary/aromatic N) is 1. The number of ether oxygens (including phenoxy) is 4. The number of rotatable bonds is 19. The maximum absolute atomic E-state index is 13.4. The summed E-state index contributed by atoms with van der Waals surface area (Å²) in [4.78, 5) is 28.8. The molecule has 0 bridgehead atoms. The van der Waals surface area contributed by atoms with Crippen LogP contribution < -0.4 is 15.4 Å². The molecule has 1 saturated heterocycles. The molecule has 4 atom stereocenters. The van der Waals surface area contributed by atoms with Crippen LogP contribution in [0, 0.1) is 23.7 Å². The van der Waals surface area contributed by atoms with Crippen molar-refractivity contribution in [2.24, 2.45) is 23.7 Å². The van der Waals surface area contributed by atoms with Gasteiger partial charge in [-0.25, -0.2) is 4.79 Å². The number of benzene rings is 1. The Kier molecular flexibility index (Phi) is 17.8. The van der Waals surface area contributed by atoms with Crippen LogP contribution in [0.15, 0.2) is 18.2 Å². The van der Waals surface area contributed by atoms with Crippen molar-refractivity contribution in [3.63, 3.8) is 0 Å². The lowest BCUT2D eigenvalue weighted by Crippen LogP contribution is -2.49. The molecule has 0 radical (unpaired) electrons. The zero-order chi connectivity index (χ0) is 36.8. The van der Waals surface area contributed by atoms with Gasteiger partial charge in [0, 0.05) is 52.2 Å². The van der Waals surface area contributed by atoms with E-state index in [0.717, 1.165) is 49.4 Å². The van der Waals surface area contributed by atoms with E-state index in [0.29, 0.717) is 39.4 Å². The van der Waals surface area contributed by atoms with Gasteiger partial charge in [0.25, 0.3) is 0 Å². The molecule has 0 aromatic heterocycles. The van der Waals surface area contributed by atoms with E-state index < -0.39 is 29.8 Å². The standard InChI is InChI=1S/C39H69N3O7/c1-27(2)30(23-29-13-14-32(38(5,6)7)35(24-29)48-20-12-19-46-11)25-33(41-37(45)49-39(8,9)10)34(43)26-31(28(3)4)36(44)40-15-16-42-17-21-47-22-18-42/h13-14,24,27-28,30-31,33-34,43H,12,15-23,25-26H2,1-11H3,(H,40,44)(H,41,45)/t30-,31-,33-,34-/m0/s1. The Morgan fingerprint density at radius 3 is 2.22 bits per heavy atom. The minimum Gasteiger partial charge on any atom is -0.493 e. The summed E-state index contributed by atoms with van der Waals surface area (Å²) in [5.41, 5.74) is 1.52. The van der Waals surface area contributed by atoms with E-state index in [1.54, 1.807) is 7.11 Å². The molecule has 1 aliphatic heterocycles. The van der Waals surface area contributed by atoms with E-state index in [1.165, 1.54) is 0 Å². The number of methoxy groups -OCH3 is 1. The van der Waals surface area contributed by atoms with E-state index in [2.05, 4.69) is 68.4 Å². The zero-order valence-corrected chi connectivity index (χ0v) is 32.5. The number of carbonyl (C=O) groups excluding carboxylic acids is 2. The second-order valence-corrected chi connectivity index (χ2v) is 16.4. The number of hydrogen-bond acceptors (Lipinski definition) is 8. The van der Waals surface area contributed by atoms with Crippen LogP contribution in [0.4, 0.5) is 4.79 Å². The highest BCUT2D eigenvalue weighted by molar-refractivity contribution is 5.79. The molecule has 10 heteroatoms. The fraction of sp³-hybridized carbons (Fsp3) is 0.795. The Morgan fingerprint density at radius 1 is 0.980 bits per heavy atom. The average Bonchev–Trinajstić information content (AvgIpc) is 3.00. The molecule has 0 unspecified atom stereocenters. The first-order valence-corrected chi connectivity index (χ1v) is 18.4. The summed E-state index contributed by atoms with van der Waals surface area (Å²) >= 11 is 0. The second-order valence-electron chi connectivity index (χ2n) is 16.4. The summed E-state index contributed by atoms with van der Waals surface area (Å²) in [6.45, 7) is 26.0. The minimum absolute atomic E-state index is 0.00440. The van der Waals surface area contributed by atoms with Crippen molar-refractivity contribution in [3.8, 4) is 5.75 Å². The van der Waals surface area contributed by atoms with E-state index in [4.69, 9.17) is 18.9 Å². The average molecular weight is 692 g/mol. The number of carbonyl (C=O) groups is 2. The van der Waals surface area contributed by atoms with Crippen molar-refractivity contribution in [2.75, 3.05) is 59.7 Å². The number of aliphatic hydroxyl groups is 1. The molecule has 0 aliphatic carbocycles. The fourth-order valence-electron chi connectivity index (χ4n) is 6.21. The maximum Gasteiger partial charge on any atom is 0.407 e. The molecule has 1 aromatic carbocycles. The van der Waals surface area contributed by atoms with Gasteiger partial charge >= 0.3 is 6.09 Å². The first kappa shape index (κ1) is 42.8. The third kappa shape index (κ3) is 16.0. The minimum atomic E-state index is -0.950. The predicted molar refractivity (Wildman–Crippen MR) is 196 cm³/mol.